The van der Waals surface area contributed by atoms with Crippen LogP contribution in [0.2, 0.25) is 0 Å². The van der Waals surface area contributed by atoms with Gasteiger partial charge in [0, 0.05) is 53.4 Å². The Labute approximate surface area is 164 Å². The van der Waals surface area contributed by atoms with Crippen LogP contribution in [0.1, 0.15) is 0 Å². The van der Waals surface area contributed by atoms with Crippen LogP contribution in [0.4, 0.5) is 11.4 Å². The first kappa shape index (κ1) is 18.7. The number of amides is 1. The minimum atomic E-state index is -0.399. The molecule has 1 fully saturated rings. The van der Waals surface area contributed by atoms with Gasteiger partial charge in [-0.1, -0.05) is 15.9 Å². The number of benzene rings is 2. The number of rotatable bonds is 5. The van der Waals surface area contributed by atoms with Gasteiger partial charge in [-0.15, -0.1) is 11.8 Å². The fraction of sp³-hybridized carbons (Fsp3) is 0.278. The topological polar surface area (TPSA) is 66.7 Å². The Morgan fingerprint density at radius 2 is 1.65 bits per heavy atom. The summed E-state index contributed by atoms with van der Waals surface area (Å²) < 4.78 is 1.02. The van der Waals surface area contributed by atoms with E-state index in [2.05, 4.69) is 20.8 Å². The number of piperazine rings is 1. The van der Waals surface area contributed by atoms with E-state index in [4.69, 9.17) is 0 Å². The van der Waals surface area contributed by atoms with E-state index in [0.29, 0.717) is 18.8 Å². The minimum Gasteiger partial charge on any atom is -0.368 e. The molecule has 0 spiro atoms. The predicted octanol–water partition coefficient (Wildman–Crippen LogP) is 3.80. The fourth-order valence-electron chi connectivity index (χ4n) is 2.77. The number of nitro benzene ring substituents is 1. The van der Waals surface area contributed by atoms with Crippen molar-refractivity contribution >= 4 is 45.0 Å². The van der Waals surface area contributed by atoms with Gasteiger partial charge in [-0.05, 0) is 36.4 Å². The summed E-state index contributed by atoms with van der Waals surface area (Å²) in [7, 11) is 0. The third-order valence-electron chi connectivity index (χ3n) is 4.23. The van der Waals surface area contributed by atoms with Gasteiger partial charge in [0.15, 0.2) is 0 Å². The number of thioether (sulfide) groups is 1. The van der Waals surface area contributed by atoms with Crippen molar-refractivity contribution in [3.05, 3.63) is 63.1 Å². The average molecular weight is 436 g/mol. The van der Waals surface area contributed by atoms with Crippen LogP contribution in [-0.4, -0.2) is 47.7 Å². The molecule has 0 saturated carbocycles. The number of nitro groups is 1. The highest BCUT2D eigenvalue weighted by molar-refractivity contribution is 9.10. The predicted molar refractivity (Wildman–Crippen MR) is 107 cm³/mol. The number of hydrogen-bond donors (Lipinski definition) is 0. The van der Waals surface area contributed by atoms with Crippen LogP contribution in [0.3, 0.4) is 0 Å². The standard InChI is InChI=1S/C18H18BrN3O3S/c19-14-1-7-17(8-2-14)26-13-18(23)21-11-9-20(10-12-21)15-3-5-16(6-4-15)22(24)25/h1-8H,9-13H2. The summed E-state index contributed by atoms with van der Waals surface area (Å²) in [6.07, 6.45) is 0. The highest BCUT2D eigenvalue weighted by Crippen LogP contribution is 2.23. The average Bonchev–Trinajstić information content (AvgIpc) is 2.67. The summed E-state index contributed by atoms with van der Waals surface area (Å²) in [5, 5.41) is 10.7. The Morgan fingerprint density at radius 3 is 2.23 bits per heavy atom. The fourth-order valence-corrected chi connectivity index (χ4v) is 3.83. The van der Waals surface area contributed by atoms with E-state index in [9.17, 15) is 14.9 Å². The molecule has 26 heavy (non-hydrogen) atoms. The molecule has 2 aromatic carbocycles. The summed E-state index contributed by atoms with van der Waals surface area (Å²) in [5.74, 6) is 0.570. The van der Waals surface area contributed by atoms with E-state index in [1.807, 2.05) is 29.2 Å². The Kier molecular flexibility index (Phi) is 6.16. The van der Waals surface area contributed by atoms with Gasteiger partial charge in [0.2, 0.25) is 5.91 Å². The number of anilines is 1. The van der Waals surface area contributed by atoms with Crippen molar-refractivity contribution in [3.8, 4) is 0 Å². The zero-order valence-corrected chi connectivity index (χ0v) is 16.4. The number of nitrogens with zero attached hydrogens (tertiary/aromatic N) is 3. The van der Waals surface area contributed by atoms with Gasteiger partial charge in [0.25, 0.3) is 5.69 Å². The van der Waals surface area contributed by atoms with E-state index < -0.39 is 4.92 Å². The molecule has 0 aromatic heterocycles. The van der Waals surface area contributed by atoms with E-state index in [1.54, 1.807) is 23.9 Å². The van der Waals surface area contributed by atoms with Crippen molar-refractivity contribution in [1.29, 1.82) is 0 Å². The third kappa shape index (κ3) is 4.76. The third-order valence-corrected chi connectivity index (χ3v) is 5.76. The SMILES string of the molecule is O=C(CSc1ccc(Br)cc1)N1CCN(c2ccc([N+](=O)[O-])cc2)CC1. The maximum absolute atomic E-state index is 12.4. The quantitative estimate of drug-likeness (QED) is 0.405. The second kappa shape index (κ2) is 8.55. The zero-order chi connectivity index (χ0) is 18.5. The molecule has 1 aliphatic rings. The number of hydrogen-bond acceptors (Lipinski definition) is 5. The molecule has 3 rings (SSSR count). The summed E-state index contributed by atoms with van der Waals surface area (Å²) >= 11 is 4.94. The van der Waals surface area contributed by atoms with Gasteiger partial charge in [0.1, 0.15) is 0 Å². The Balaban J connectivity index is 1.48. The Bertz CT molecular complexity index is 775. The number of halogens is 1. The molecule has 1 heterocycles. The van der Waals surface area contributed by atoms with Gasteiger partial charge >= 0.3 is 0 Å². The molecule has 8 heteroatoms. The van der Waals surface area contributed by atoms with E-state index in [0.717, 1.165) is 28.1 Å². The molecule has 136 valence electrons. The van der Waals surface area contributed by atoms with Gasteiger partial charge < -0.3 is 9.80 Å². The number of non-ortho nitro benzene ring substituents is 1. The molecule has 2 aromatic rings. The molecule has 0 atom stereocenters. The minimum absolute atomic E-state index is 0.0903. The van der Waals surface area contributed by atoms with Gasteiger partial charge in [-0.25, -0.2) is 0 Å². The maximum atomic E-state index is 12.4. The molecular weight excluding hydrogens is 418 g/mol. The first-order valence-electron chi connectivity index (χ1n) is 8.18. The smallest absolute Gasteiger partial charge is 0.269 e. The summed E-state index contributed by atoms with van der Waals surface area (Å²) in [5.41, 5.74) is 1.04. The maximum Gasteiger partial charge on any atom is 0.269 e. The van der Waals surface area contributed by atoms with Crippen molar-refractivity contribution in [2.75, 3.05) is 36.8 Å². The number of carbonyl (C=O) groups excluding carboxylic acids is 1. The van der Waals surface area contributed by atoms with Crippen molar-refractivity contribution in [2.24, 2.45) is 0 Å². The summed E-state index contributed by atoms with van der Waals surface area (Å²) in [6.45, 7) is 2.78. The molecule has 0 unspecified atom stereocenters. The van der Waals surface area contributed by atoms with Crippen molar-refractivity contribution in [3.63, 3.8) is 0 Å². The van der Waals surface area contributed by atoms with Gasteiger partial charge in [-0.2, -0.15) is 0 Å². The molecular formula is C18H18BrN3O3S. The molecule has 0 N–H and O–H groups in total. The first-order chi connectivity index (χ1) is 12.5. The molecule has 0 aliphatic carbocycles. The van der Waals surface area contributed by atoms with Crippen molar-refractivity contribution in [1.82, 2.24) is 4.90 Å². The van der Waals surface area contributed by atoms with Gasteiger partial charge in [0.05, 0.1) is 10.7 Å². The second-order valence-electron chi connectivity index (χ2n) is 5.88. The highest BCUT2D eigenvalue weighted by atomic mass is 79.9. The lowest BCUT2D eigenvalue weighted by atomic mass is 10.2. The van der Waals surface area contributed by atoms with E-state index >= 15 is 0 Å². The van der Waals surface area contributed by atoms with Crippen LogP contribution in [0.25, 0.3) is 0 Å². The van der Waals surface area contributed by atoms with Crippen LogP contribution >= 0.6 is 27.7 Å². The van der Waals surface area contributed by atoms with Crippen LogP contribution in [0.5, 0.6) is 0 Å². The molecule has 0 bridgehead atoms. The lowest BCUT2D eigenvalue weighted by Gasteiger charge is -2.36. The Hall–Kier alpha value is -2.06. The van der Waals surface area contributed by atoms with Crippen molar-refractivity contribution < 1.29 is 9.72 Å². The summed E-state index contributed by atoms with van der Waals surface area (Å²) in [4.78, 5) is 27.8. The van der Waals surface area contributed by atoms with Crippen LogP contribution in [0.15, 0.2) is 57.9 Å². The second-order valence-corrected chi connectivity index (χ2v) is 7.85. The lowest BCUT2D eigenvalue weighted by molar-refractivity contribution is -0.384. The highest BCUT2D eigenvalue weighted by Gasteiger charge is 2.21. The summed E-state index contributed by atoms with van der Waals surface area (Å²) in [6, 6.07) is 14.5. The first-order valence-corrected chi connectivity index (χ1v) is 9.96. The van der Waals surface area contributed by atoms with Crippen LogP contribution < -0.4 is 4.90 Å². The molecule has 6 nitrogen and oxygen atoms in total. The zero-order valence-electron chi connectivity index (χ0n) is 14.0. The van der Waals surface area contributed by atoms with E-state index in [-0.39, 0.29) is 11.6 Å². The molecule has 1 amide bonds. The molecule has 1 aliphatic heterocycles. The van der Waals surface area contributed by atoms with Gasteiger partial charge in [-0.3, -0.25) is 14.9 Å². The van der Waals surface area contributed by atoms with Crippen LogP contribution in [-0.2, 0) is 4.79 Å². The molecule has 1 saturated heterocycles. The lowest BCUT2D eigenvalue weighted by Crippen LogP contribution is -2.49. The monoisotopic (exact) mass is 435 g/mol. The van der Waals surface area contributed by atoms with Crippen LogP contribution in [0, 0.1) is 10.1 Å². The normalized spacial score (nSPS) is 14.3. The van der Waals surface area contributed by atoms with E-state index in [1.165, 1.54) is 12.1 Å². The molecule has 0 radical (unpaired) electrons. The Morgan fingerprint density at radius 1 is 1.04 bits per heavy atom. The number of carbonyl (C=O) groups is 1. The van der Waals surface area contributed by atoms with Crippen molar-refractivity contribution in [2.45, 2.75) is 4.90 Å². The largest absolute Gasteiger partial charge is 0.368 e.